The van der Waals surface area contributed by atoms with Crippen molar-refractivity contribution in [1.29, 1.82) is 0 Å². The Hall–Kier alpha value is -2.81. The Kier molecular flexibility index (Phi) is 5.80. The molecule has 4 rings (SSSR count). The number of rotatable bonds is 5. The highest BCUT2D eigenvalue weighted by molar-refractivity contribution is 5.90. The number of halogens is 2. The minimum Gasteiger partial charge on any atom is -0.381 e. The number of carbonyl (C=O) groups is 2. The number of amides is 2. The molecule has 2 N–H and O–H groups in total. The van der Waals surface area contributed by atoms with Gasteiger partial charge in [-0.3, -0.25) is 9.59 Å². The van der Waals surface area contributed by atoms with E-state index in [4.69, 9.17) is 9.26 Å². The third-order valence-electron chi connectivity index (χ3n) is 5.80. The molecule has 1 atom stereocenters. The summed E-state index contributed by atoms with van der Waals surface area (Å²) >= 11 is 0. The molecule has 3 heterocycles. The van der Waals surface area contributed by atoms with Crippen molar-refractivity contribution in [3.05, 3.63) is 41.7 Å². The van der Waals surface area contributed by atoms with E-state index in [0.29, 0.717) is 44.8 Å². The van der Waals surface area contributed by atoms with Crippen LogP contribution in [0.15, 0.2) is 28.8 Å². The Morgan fingerprint density at radius 1 is 1.27 bits per heavy atom. The van der Waals surface area contributed by atoms with Crippen molar-refractivity contribution in [1.82, 2.24) is 15.8 Å². The van der Waals surface area contributed by atoms with Crippen LogP contribution >= 0.6 is 0 Å². The van der Waals surface area contributed by atoms with E-state index in [0.717, 1.165) is 18.6 Å². The van der Waals surface area contributed by atoms with Gasteiger partial charge in [0.2, 0.25) is 11.8 Å². The fourth-order valence-corrected chi connectivity index (χ4v) is 4.02. The fraction of sp³-hybridized carbons (Fsp3) is 0.476. The van der Waals surface area contributed by atoms with E-state index in [9.17, 15) is 18.4 Å². The van der Waals surface area contributed by atoms with Gasteiger partial charge >= 0.3 is 0 Å². The molecule has 2 aliphatic rings. The lowest BCUT2D eigenvalue weighted by molar-refractivity contribution is -0.140. The fourth-order valence-electron chi connectivity index (χ4n) is 4.02. The molecule has 30 heavy (non-hydrogen) atoms. The highest BCUT2D eigenvalue weighted by atomic mass is 19.1. The SMILES string of the molecule is O=C1NCCCC1NC(=O)C1(Cc2cc(-c3ccc(F)cc3F)no2)CCOCC1. The van der Waals surface area contributed by atoms with Gasteiger partial charge in [-0.15, -0.1) is 0 Å². The first-order valence-corrected chi connectivity index (χ1v) is 10.0. The van der Waals surface area contributed by atoms with Crippen molar-refractivity contribution >= 4 is 11.8 Å². The number of ether oxygens (including phenoxy) is 1. The number of aromatic nitrogens is 1. The van der Waals surface area contributed by atoms with E-state index in [1.807, 2.05) is 0 Å². The molecule has 1 unspecified atom stereocenters. The second-order valence-corrected chi connectivity index (χ2v) is 7.83. The predicted molar refractivity (Wildman–Crippen MR) is 102 cm³/mol. The maximum absolute atomic E-state index is 14.1. The Labute approximate surface area is 172 Å². The van der Waals surface area contributed by atoms with Gasteiger partial charge in [0.1, 0.15) is 29.1 Å². The molecular formula is C21H23F2N3O4. The number of hydrogen-bond acceptors (Lipinski definition) is 5. The summed E-state index contributed by atoms with van der Waals surface area (Å²) in [4.78, 5) is 25.2. The first-order chi connectivity index (χ1) is 14.5. The summed E-state index contributed by atoms with van der Waals surface area (Å²) in [5.74, 6) is -1.40. The van der Waals surface area contributed by atoms with Crippen molar-refractivity contribution in [2.75, 3.05) is 19.8 Å². The van der Waals surface area contributed by atoms with E-state index >= 15 is 0 Å². The van der Waals surface area contributed by atoms with Crippen LogP contribution in [0.4, 0.5) is 8.78 Å². The molecule has 0 aliphatic carbocycles. The third kappa shape index (κ3) is 4.21. The molecule has 160 valence electrons. The highest BCUT2D eigenvalue weighted by Gasteiger charge is 2.43. The van der Waals surface area contributed by atoms with E-state index < -0.39 is 23.1 Å². The first-order valence-electron chi connectivity index (χ1n) is 10.0. The zero-order valence-corrected chi connectivity index (χ0v) is 16.4. The van der Waals surface area contributed by atoms with Crippen LogP contribution in [0.5, 0.6) is 0 Å². The van der Waals surface area contributed by atoms with Gasteiger partial charge < -0.3 is 19.9 Å². The van der Waals surface area contributed by atoms with Crippen molar-refractivity contribution in [3.63, 3.8) is 0 Å². The normalized spacial score (nSPS) is 21.1. The van der Waals surface area contributed by atoms with Crippen LogP contribution in [0.3, 0.4) is 0 Å². The average Bonchev–Trinajstić information content (AvgIpc) is 3.18. The zero-order valence-electron chi connectivity index (χ0n) is 16.4. The highest BCUT2D eigenvalue weighted by Crippen LogP contribution is 2.36. The lowest BCUT2D eigenvalue weighted by atomic mass is 9.75. The number of carbonyl (C=O) groups excluding carboxylic acids is 2. The monoisotopic (exact) mass is 419 g/mol. The maximum Gasteiger partial charge on any atom is 0.242 e. The van der Waals surface area contributed by atoms with Gasteiger partial charge in [-0.05, 0) is 37.8 Å². The third-order valence-corrected chi connectivity index (χ3v) is 5.80. The summed E-state index contributed by atoms with van der Waals surface area (Å²) in [5.41, 5.74) is -0.457. The molecule has 0 radical (unpaired) electrons. The topological polar surface area (TPSA) is 93.5 Å². The molecule has 2 fully saturated rings. The molecule has 9 heteroatoms. The molecule has 7 nitrogen and oxygen atoms in total. The summed E-state index contributed by atoms with van der Waals surface area (Å²) in [7, 11) is 0. The smallest absolute Gasteiger partial charge is 0.242 e. The standard InChI is InChI=1S/C21H23F2N3O4/c22-13-3-4-15(16(23)10-13)18-11-14(30-26-18)12-21(5-8-29-9-6-21)20(28)25-17-2-1-7-24-19(17)27/h3-4,10-11,17H,1-2,5-9,12H2,(H,24,27)(H,25,28). The van der Waals surface area contributed by atoms with Crippen LogP contribution in [0.2, 0.25) is 0 Å². The van der Waals surface area contributed by atoms with E-state index in [-0.39, 0.29) is 29.5 Å². The Balaban J connectivity index is 1.54. The van der Waals surface area contributed by atoms with E-state index in [1.54, 1.807) is 6.07 Å². The van der Waals surface area contributed by atoms with Gasteiger partial charge in [0.05, 0.1) is 5.41 Å². The van der Waals surface area contributed by atoms with Crippen molar-refractivity contribution in [2.24, 2.45) is 5.41 Å². The Morgan fingerprint density at radius 3 is 2.80 bits per heavy atom. The second kappa shape index (κ2) is 8.51. The summed E-state index contributed by atoms with van der Waals surface area (Å²) in [5, 5.41) is 9.54. The number of piperidine rings is 1. The molecule has 2 aromatic rings. The van der Waals surface area contributed by atoms with Crippen LogP contribution in [-0.2, 0) is 20.7 Å². The molecular weight excluding hydrogens is 396 g/mol. The van der Waals surface area contributed by atoms with Crippen molar-refractivity contribution in [2.45, 2.75) is 38.1 Å². The quantitative estimate of drug-likeness (QED) is 0.776. The average molecular weight is 419 g/mol. The molecule has 2 amide bonds. The minimum atomic E-state index is -0.811. The predicted octanol–water partition coefficient (Wildman–Crippen LogP) is 2.35. The Morgan fingerprint density at radius 2 is 2.07 bits per heavy atom. The largest absolute Gasteiger partial charge is 0.381 e. The molecule has 0 spiro atoms. The summed E-state index contributed by atoms with van der Waals surface area (Å²) in [6.45, 7) is 1.45. The molecule has 2 saturated heterocycles. The second-order valence-electron chi connectivity index (χ2n) is 7.83. The lowest BCUT2D eigenvalue weighted by Gasteiger charge is -2.36. The van der Waals surface area contributed by atoms with E-state index in [2.05, 4.69) is 15.8 Å². The maximum atomic E-state index is 14.1. The summed E-state index contributed by atoms with van der Waals surface area (Å²) in [6.07, 6.45) is 2.58. The van der Waals surface area contributed by atoms with Crippen molar-refractivity contribution < 1.29 is 27.6 Å². The van der Waals surface area contributed by atoms with Crippen LogP contribution in [0.1, 0.15) is 31.4 Å². The number of hydrogen-bond donors (Lipinski definition) is 2. The Bertz CT molecular complexity index is 940. The number of benzene rings is 1. The van der Waals surface area contributed by atoms with Gasteiger partial charge in [-0.1, -0.05) is 5.16 Å². The molecule has 1 aromatic heterocycles. The number of nitrogens with zero attached hydrogens (tertiary/aromatic N) is 1. The van der Waals surface area contributed by atoms with Gasteiger partial charge in [-0.2, -0.15) is 0 Å². The van der Waals surface area contributed by atoms with Crippen LogP contribution in [-0.4, -0.2) is 42.8 Å². The van der Waals surface area contributed by atoms with Crippen LogP contribution < -0.4 is 10.6 Å². The summed E-state index contributed by atoms with van der Waals surface area (Å²) in [6, 6.07) is 4.24. The molecule has 2 aliphatic heterocycles. The zero-order chi connectivity index (χ0) is 21.1. The van der Waals surface area contributed by atoms with Gasteiger partial charge in [0, 0.05) is 43.9 Å². The summed E-state index contributed by atoms with van der Waals surface area (Å²) < 4.78 is 38.1. The van der Waals surface area contributed by atoms with Gasteiger partial charge in [0.25, 0.3) is 0 Å². The molecule has 1 aromatic carbocycles. The van der Waals surface area contributed by atoms with Crippen LogP contribution in [0, 0.1) is 17.0 Å². The van der Waals surface area contributed by atoms with Crippen LogP contribution in [0.25, 0.3) is 11.3 Å². The van der Waals surface area contributed by atoms with Gasteiger partial charge in [0.15, 0.2) is 0 Å². The molecule has 0 bridgehead atoms. The van der Waals surface area contributed by atoms with E-state index in [1.165, 1.54) is 6.07 Å². The van der Waals surface area contributed by atoms with Crippen molar-refractivity contribution in [3.8, 4) is 11.3 Å². The molecule has 0 saturated carbocycles. The van der Waals surface area contributed by atoms with Gasteiger partial charge in [-0.25, -0.2) is 8.78 Å². The first kappa shape index (κ1) is 20.5. The minimum absolute atomic E-state index is 0.121. The lowest BCUT2D eigenvalue weighted by Crippen LogP contribution is -2.55. The number of nitrogens with one attached hydrogen (secondary N) is 2.